The van der Waals surface area contributed by atoms with E-state index in [-0.39, 0.29) is 11.6 Å². The lowest BCUT2D eigenvalue weighted by molar-refractivity contribution is -0.0512. The van der Waals surface area contributed by atoms with Crippen molar-refractivity contribution in [2.24, 2.45) is 5.92 Å². The fourth-order valence-electron chi connectivity index (χ4n) is 3.32. The van der Waals surface area contributed by atoms with Crippen LogP contribution in [0.4, 0.5) is 0 Å². The first-order chi connectivity index (χ1) is 8.67. The van der Waals surface area contributed by atoms with Crippen LogP contribution in [-0.4, -0.2) is 18.7 Å². The highest BCUT2D eigenvalue weighted by atomic mass is 35.5. The van der Waals surface area contributed by atoms with Gasteiger partial charge in [-0.3, -0.25) is 0 Å². The Kier molecular flexibility index (Phi) is 3.68. The number of hydrogen-bond acceptors (Lipinski definition) is 3. The third kappa shape index (κ3) is 2.60. The van der Waals surface area contributed by atoms with Crippen molar-refractivity contribution in [2.45, 2.75) is 44.2 Å². The van der Waals surface area contributed by atoms with Crippen LogP contribution in [0.5, 0.6) is 0 Å². The van der Waals surface area contributed by atoms with E-state index < -0.39 is 0 Å². The van der Waals surface area contributed by atoms with Crippen molar-refractivity contribution < 1.29 is 4.74 Å². The van der Waals surface area contributed by atoms with Gasteiger partial charge >= 0.3 is 0 Å². The Morgan fingerprint density at radius 2 is 2.39 bits per heavy atom. The van der Waals surface area contributed by atoms with Crippen molar-refractivity contribution in [2.75, 3.05) is 13.2 Å². The van der Waals surface area contributed by atoms with Gasteiger partial charge in [-0.15, -0.1) is 11.3 Å². The highest BCUT2D eigenvalue weighted by Gasteiger charge is 2.39. The van der Waals surface area contributed by atoms with Crippen LogP contribution in [0.3, 0.4) is 0 Å². The molecule has 1 spiro atoms. The average molecular weight is 286 g/mol. The Morgan fingerprint density at radius 1 is 1.50 bits per heavy atom. The van der Waals surface area contributed by atoms with Gasteiger partial charge in [-0.25, -0.2) is 0 Å². The van der Waals surface area contributed by atoms with Gasteiger partial charge in [0.2, 0.25) is 0 Å². The Hall–Kier alpha value is -0.0900. The van der Waals surface area contributed by atoms with Crippen molar-refractivity contribution in [3.05, 3.63) is 21.3 Å². The maximum atomic E-state index is 6.11. The predicted octanol–water partition coefficient (Wildman–Crippen LogP) is 4.01. The van der Waals surface area contributed by atoms with Gasteiger partial charge in [0.05, 0.1) is 10.9 Å². The van der Waals surface area contributed by atoms with Crippen molar-refractivity contribution in [1.29, 1.82) is 0 Å². The summed E-state index contributed by atoms with van der Waals surface area (Å²) in [6.45, 7) is 4.12. The zero-order valence-corrected chi connectivity index (χ0v) is 12.3. The molecule has 2 heterocycles. The summed E-state index contributed by atoms with van der Waals surface area (Å²) in [6.07, 6.45) is 5.39. The van der Waals surface area contributed by atoms with Crippen LogP contribution in [0.2, 0.25) is 4.34 Å². The highest BCUT2D eigenvalue weighted by molar-refractivity contribution is 7.16. The molecule has 3 atom stereocenters. The standard InChI is InChI=1S/C14H20ClNOS/c1-10-3-2-6-14(7-10)9-17-11(8-16-14)12-4-5-13(15)18-12/h4-5,10-11,16H,2-3,6-9H2,1H3. The molecule has 1 aliphatic carbocycles. The largest absolute Gasteiger partial charge is 0.369 e. The lowest BCUT2D eigenvalue weighted by Gasteiger charge is -2.45. The molecule has 1 saturated carbocycles. The summed E-state index contributed by atoms with van der Waals surface area (Å²) in [5.41, 5.74) is 0.245. The monoisotopic (exact) mass is 285 g/mol. The summed E-state index contributed by atoms with van der Waals surface area (Å²) in [4.78, 5) is 1.24. The first-order valence-corrected chi connectivity index (χ1v) is 7.98. The van der Waals surface area contributed by atoms with E-state index in [2.05, 4.69) is 18.3 Å². The second-order valence-corrected chi connectivity index (χ2v) is 7.55. The fourth-order valence-corrected chi connectivity index (χ4v) is 4.43. The minimum absolute atomic E-state index is 0.186. The quantitative estimate of drug-likeness (QED) is 0.842. The van der Waals surface area contributed by atoms with E-state index in [1.54, 1.807) is 11.3 Å². The Bertz CT molecular complexity index is 412. The van der Waals surface area contributed by atoms with Crippen molar-refractivity contribution in [3.8, 4) is 0 Å². The molecule has 1 aromatic rings. The molecule has 1 N–H and O–H groups in total. The average Bonchev–Trinajstić information content (AvgIpc) is 2.77. The summed E-state index contributed by atoms with van der Waals surface area (Å²) in [6, 6.07) is 4.04. The predicted molar refractivity (Wildman–Crippen MR) is 76.4 cm³/mol. The van der Waals surface area contributed by atoms with Crippen LogP contribution in [0.15, 0.2) is 12.1 Å². The van der Waals surface area contributed by atoms with Crippen LogP contribution < -0.4 is 5.32 Å². The number of ether oxygens (including phenoxy) is 1. The maximum absolute atomic E-state index is 6.11. The normalized spacial score (nSPS) is 37.0. The van der Waals surface area contributed by atoms with Crippen LogP contribution >= 0.6 is 22.9 Å². The number of hydrogen-bond donors (Lipinski definition) is 1. The number of thiophene rings is 1. The molecule has 2 aliphatic rings. The van der Waals surface area contributed by atoms with Crippen molar-refractivity contribution in [1.82, 2.24) is 5.32 Å². The van der Waals surface area contributed by atoms with Gasteiger partial charge in [0.25, 0.3) is 0 Å². The molecule has 18 heavy (non-hydrogen) atoms. The van der Waals surface area contributed by atoms with Crippen molar-refractivity contribution >= 4 is 22.9 Å². The van der Waals surface area contributed by atoms with Crippen molar-refractivity contribution in [3.63, 3.8) is 0 Å². The van der Waals surface area contributed by atoms with E-state index in [1.807, 2.05) is 6.07 Å². The zero-order valence-electron chi connectivity index (χ0n) is 10.7. The molecule has 3 rings (SSSR count). The zero-order chi connectivity index (χ0) is 12.6. The van der Waals surface area contributed by atoms with Gasteiger partial charge in [0.15, 0.2) is 0 Å². The van der Waals surface area contributed by atoms with Gasteiger partial charge in [-0.2, -0.15) is 0 Å². The Morgan fingerprint density at radius 3 is 3.00 bits per heavy atom. The van der Waals surface area contributed by atoms with E-state index >= 15 is 0 Å². The fraction of sp³-hybridized carbons (Fsp3) is 0.714. The SMILES string of the molecule is CC1CCCC2(COC(c3ccc(Cl)s3)CN2)C1. The number of morpholine rings is 1. The van der Waals surface area contributed by atoms with E-state index in [0.717, 1.165) is 23.4 Å². The number of rotatable bonds is 1. The molecule has 0 radical (unpaired) electrons. The Balaban J connectivity index is 1.64. The van der Waals surface area contributed by atoms with Gasteiger partial charge in [0.1, 0.15) is 6.10 Å². The van der Waals surface area contributed by atoms with Crippen LogP contribution in [0.25, 0.3) is 0 Å². The van der Waals surface area contributed by atoms with Gasteiger partial charge in [0, 0.05) is 17.0 Å². The Labute approximate surface area is 118 Å². The molecule has 3 unspecified atom stereocenters. The number of halogens is 1. The maximum Gasteiger partial charge on any atom is 0.104 e. The summed E-state index contributed by atoms with van der Waals surface area (Å²) >= 11 is 7.61. The van der Waals surface area contributed by atoms with Gasteiger partial charge < -0.3 is 10.1 Å². The van der Waals surface area contributed by atoms with E-state index in [1.165, 1.54) is 30.6 Å². The minimum Gasteiger partial charge on any atom is -0.369 e. The molecule has 4 heteroatoms. The third-order valence-corrected chi connectivity index (χ3v) is 5.55. The summed E-state index contributed by atoms with van der Waals surface area (Å²) < 4.78 is 6.96. The molecule has 0 aromatic carbocycles. The van der Waals surface area contributed by atoms with E-state index in [4.69, 9.17) is 16.3 Å². The van der Waals surface area contributed by atoms with Gasteiger partial charge in [-0.1, -0.05) is 31.4 Å². The molecule has 1 aromatic heterocycles. The number of nitrogens with one attached hydrogen (secondary N) is 1. The lowest BCUT2D eigenvalue weighted by atomic mass is 9.76. The summed E-state index contributed by atoms with van der Waals surface area (Å²) in [5.74, 6) is 0.822. The first-order valence-electron chi connectivity index (χ1n) is 6.79. The molecule has 1 saturated heterocycles. The second kappa shape index (κ2) is 5.12. The molecule has 2 fully saturated rings. The molecule has 0 amide bonds. The summed E-state index contributed by atoms with van der Waals surface area (Å²) in [5, 5.41) is 3.76. The summed E-state index contributed by atoms with van der Waals surface area (Å²) in [7, 11) is 0. The molecule has 1 aliphatic heterocycles. The van der Waals surface area contributed by atoms with E-state index in [9.17, 15) is 0 Å². The smallest absolute Gasteiger partial charge is 0.104 e. The topological polar surface area (TPSA) is 21.3 Å². The first kappa shape index (κ1) is 12.9. The second-order valence-electron chi connectivity index (χ2n) is 5.80. The molecule has 100 valence electrons. The molecule has 0 bridgehead atoms. The minimum atomic E-state index is 0.186. The highest BCUT2D eigenvalue weighted by Crippen LogP contribution is 2.38. The lowest BCUT2D eigenvalue weighted by Crippen LogP contribution is -2.56. The van der Waals surface area contributed by atoms with Crippen LogP contribution in [-0.2, 0) is 4.74 Å². The van der Waals surface area contributed by atoms with E-state index in [0.29, 0.717) is 0 Å². The van der Waals surface area contributed by atoms with Gasteiger partial charge in [-0.05, 0) is 30.9 Å². The molecular formula is C14H20ClNOS. The molecule has 2 nitrogen and oxygen atoms in total. The van der Waals surface area contributed by atoms with Crippen LogP contribution in [0, 0.1) is 5.92 Å². The van der Waals surface area contributed by atoms with Crippen LogP contribution in [0.1, 0.15) is 43.6 Å². The third-order valence-electron chi connectivity index (χ3n) is 4.23. The molecular weight excluding hydrogens is 266 g/mol.